The first-order chi connectivity index (χ1) is 11.7. The highest BCUT2D eigenvalue weighted by Crippen LogP contribution is 2.29. The maximum Gasteiger partial charge on any atom is 0.0320 e. The zero-order chi connectivity index (χ0) is 16.5. The SMILES string of the molecule is Nc1cccc(-c2ccc3ccc(-c4cccc(N)c4)cc3c2)c1. The Kier molecular flexibility index (Phi) is 3.43. The number of fused-ring (bicyclic) bond motifs is 1. The molecule has 0 amide bonds. The van der Waals surface area contributed by atoms with Crippen LogP contribution >= 0.6 is 0 Å². The molecule has 0 fully saturated rings. The van der Waals surface area contributed by atoms with E-state index in [1.165, 1.54) is 21.9 Å². The third kappa shape index (κ3) is 2.70. The molecule has 0 aromatic heterocycles. The van der Waals surface area contributed by atoms with E-state index in [1.54, 1.807) is 0 Å². The zero-order valence-electron chi connectivity index (χ0n) is 13.2. The van der Waals surface area contributed by atoms with Gasteiger partial charge in [-0.25, -0.2) is 0 Å². The van der Waals surface area contributed by atoms with Crippen molar-refractivity contribution in [3.63, 3.8) is 0 Å². The fraction of sp³-hybridized carbons (Fsp3) is 0. The van der Waals surface area contributed by atoms with Crippen LogP contribution in [0.5, 0.6) is 0 Å². The Morgan fingerprint density at radius 2 is 0.875 bits per heavy atom. The van der Waals surface area contributed by atoms with Crippen LogP contribution in [0.25, 0.3) is 33.0 Å². The van der Waals surface area contributed by atoms with Gasteiger partial charge in [-0.05, 0) is 69.4 Å². The van der Waals surface area contributed by atoms with E-state index in [0.29, 0.717) is 0 Å². The van der Waals surface area contributed by atoms with E-state index in [0.717, 1.165) is 22.5 Å². The first kappa shape index (κ1) is 14.3. The number of anilines is 2. The molecule has 4 rings (SSSR count). The third-order valence-corrected chi connectivity index (χ3v) is 4.28. The van der Waals surface area contributed by atoms with Gasteiger partial charge in [0, 0.05) is 11.4 Å². The lowest BCUT2D eigenvalue weighted by atomic mass is 9.97. The molecule has 0 aliphatic heterocycles. The predicted octanol–water partition coefficient (Wildman–Crippen LogP) is 5.34. The number of nitrogen functional groups attached to an aromatic ring is 2. The summed E-state index contributed by atoms with van der Waals surface area (Å²) in [6, 6.07) is 28.9. The molecule has 2 nitrogen and oxygen atoms in total. The lowest BCUT2D eigenvalue weighted by Gasteiger charge is -2.08. The largest absolute Gasteiger partial charge is 0.399 e. The first-order valence-electron chi connectivity index (χ1n) is 7.95. The van der Waals surface area contributed by atoms with Crippen molar-refractivity contribution in [3.8, 4) is 22.3 Å². The molecule has 0 unspecified atom stereocenters. The Morgan fingerprint density at radius 1 is 0.417 bits per heavy atom. The molecule has 0 aliphatic carbocycles. The van der Waals surface area contributed by atoms with Crippen LogP contribution in [0.3, 0.4) is 0 Å². The van der Waals surface area contributed by atoms with Gasteiger partial charge in [-0.2, -0.15) is 0 Å². The van der Waals surface area contributed by atoms with Gasteiger partial charge in [0.15, 0.2) is 0 Å². The van der Waals surface area contributed by atoms with Crippen LogP contribution in [-0.2, 0) is 0 Å². The Bertz CT molecular complexity index is 954. The van der Waals surface area contributed by atoms with E-state index in [-0.39, 0.29) is 0 Å². The Hall–Kier alpha value is -3.26. The quantitative estimate of drug-likeness (QED) is 0.491. The maximum absolute atomic E-state index is 5.91. The Balaban J connectivity index is 1.83. The number of hydrogen-bond acceptors (Lipinski definition) is 2. The number of nitrogens with two attached hydrogens (primary N) is 2. The first-order valence-corrected chi connectivity index (χ1v) is 7.95. The van der Waals surface area contributed by atoms with Crippen molar-refractivity contribution in [1.82, 2.24) is 0 Å². The maximum atomic E-state index is 5.91. The van der Waals surface area contributed by atoms with Crippen LogP contribution in [0, 0.1) is 0 Å². The molecule has 4 N–H and O–H groups in total. The lowest BCUT2D eigenvalue weighted by molar-refractivity contribution is 1.62. The van der Waals surface area contributed by atoms with Crippen molar-refractivity contribution in [2.45, 2.75) is 0 Å². The summed E-state index contributed by atoms with van der Waals surface area (Å²) >= 11 is 0. The van der Waals surface area contributed by atoms with E-state index in [4.69, 9.17) is 11.5 Å². The molecule has 0 radical (unpaired) electrons. The summed E-state index contributed by atoms with van der Waals surface area (Å²) in [7, 11) is 0. The molecule has 0 heterocycles. The second kappa shape index (κ2) is 5.74. The summed E-state index contributed by atoms with van der Waals surface area (Å²) in [5.74, 6) is 0. The number of benzene rings is 4. The lowest BCUT2D eigenvalue weighted by Crippen LogP contribution is -1.86. The fourth-order valence-corrected chi connectivity index (χ4v) is 3.04. The molecule has 0 saturated heterocycles. The molecule has 116 valence electrons. The van der Waals surface area contributed by atoms with E-state index in [1.807, 2.05) is 36.4 Å². The number of hydrogen-bond donors (Lipinski definition) is 2. The summed E-state index contributed by atoms with van der Waals surface area (Å²) in [4.78, 5) is 0. The Morgan fingerprint density at radius 3 is 1.33 bits per heavy atom. The topological polar surface area (TPSA) is 52.0 Å². The zero-order valence-corrected chi connectivity index (χ0v) is 13.2. The minimum atomic E-state index is 0.779. The second-order valence-corrected chi connectivity index (χ2v) is 6.03. The second-order valence-electron chi connectivity index (χ2n) is 6.03. The number of rotatable bonds is 2. The molecule has 4 aromatic rings. The molecule has 2 heteroatoms. The minimum Gasteiger partial charge on any atom is -0.399 e. The minimum absolute atomic E-state index is 0.779. The fourth-order valence-electron chi connectivity index (χ4n) is 3.04. The highest BCUT2D eigenvalue weighted by molar-refractivity contribution is 5.91. The van der Waals surface area contributed by atoms with Gasteiger partial charge < -0.3 is 11.5 Å². The molecular formula is C22H18N2. The van der Waals surface area contributed by atoms with E-state index in [9.17, 15) is 0 Å². The summed E-state index contributed by atoms with van der Waals surface area (Å²) < 4.78 is 0. The summed E-state index contributed by atoms with van der Waals surface area (Å²) in [6.45, 7) is 0. The molecule has 4 aromatic carbocycles. The summed E-state index contributed by atoms with van der Waals surface area (Å²) in [5, 5.41) is 2.42. The smallest absolute Gasteiger partial charge is 0.0320 e. The van der Waals surface area contributed by atoms with Crippen molar-refractivity contribution < 1.29 is 0 Å². The highest BCUT2D eigenvalue weighted by atomic mass is 14.5. The normalized spacial score (nSPS) is 10.8. The van der Waals surface area contributed by atoms with Crippen LogP contribution in [0.4, 0.5) is 11.4 Å². The predicted molar refractivity (Wildman–Crippen MR) is 104 cm³/mol. The van der Waals surface area contributed by atoms with E-state index >= 15 is 0 Å². The van der Waals surface area contributed by atoms with Crippen LogP contribution in [0.1, 0.15) is 0 Å². The molecule has 24 heavy (non-hydrogen) atoms. The standard InChI is InChI=1S/C22H18N2/c23-21-5-1-3-16(13-21)18-9-7-15-8-10-19(12-20(15)11-18)17-4-2-6-22(24)14-17/h1-14H,23-24H2. The third-order valence-electron chi connectivity index (χ3n) is 4.28. The van der Waals surface area contributed by atoms with Gasteiger partial charge in [0.05, 0.1) is 0 Å². The molecule has 0 aliphatic rings. The van der Waals surface area contributed by atoms with Gasteiger partial charge in [-0.3, -0.25) is 0 Å². The van der Waals surface area contributed by atoms with E-state index < -0.39 is 0 Å². The average molecular weight is 310 g/mol. The van der Waals surface area contributed by atoms with Gasteiger partial charge in [-0.1, -0.05) is 48.5 Å². The summed E-state index contributed by atoms with van der Waals surface area (Å²) in [5.41, 5.74) is 18.0. The van der Waals surface area contributed by atoms with Crippen molar-refractivity contribution >= 4 is 22.1 Å². The van der Waals surface area contributed by atoms with Crippen molar-refractivity contribution in [2.24, 2.45) is 0 Å². The van der Waals surface area contributed by atoms with Gasteiger partial charge in [-0.15, -0.1) is 0 Å². The van der Waals surface area contributed by atoms with Gasteiger partial charge in [0.2, 0.25) is 0 Å². The average Bonchev–Trinajstić information content (AvgIpc) is 2.61. The molecule has 0 atom stereocenters. The van der Waals surface area contributed by atoms with Crippen LogP contribution < -0.4 is 11.5 Å². The van der Waals surface area contributed by atoms with Crippen LogP contribution in [-0.4, -0.2) is 0 Å². The van der Waals surface area contributed by atoms with Crippen molar-refractivity contribution in [3.05, 3.63) is 84.9 Å². The molecular weight excluding hydrogens is 292 g/mol. The molecule has 0 saturated carbocycles. The monoisotopic (exact) mass is 310 g/mol. The molecule has 0 spiro atoms. The molecule has 0 bridgehead atoms. The highest BCUT2D eigenvalue weighted by Gasteiger charge is 2.03. The van der Waals surface area contributed by atoms with Gasteiger partial charge in [0.25, 0.3) is 0 Å². The van der Waals surface area contributed by atoms with Crippen LogP contribution in [0.15, 0.2) is 84.9 Å². The van der Waals surface area contributed by atoms with Gasteiger partial charge >= 0.3 is 0 Å². The summed E-state index contributed by atoms with van der Waals surface area (Å²) in [6.07, 6.45) is 0. The van der Waals surface area contributed by atoms with Gasteiger partial charge in [0.1, 0.15) is 0 Å². The van der Waals surface area contributed by atoms with Crippen molar-refractivity contribution in [1.29, 1.82) is 0 Å². The van der Waals surface area contributed by atoms with Crippen LogP contribution in [0.2, 0.25) is 0 Å². The van der Waals surface area contributed by atoms with Crippen molar-refractivity contribution in [2.75, 3.05) is 11.5 Å². The Labute approximate surface area is 141 Å². The van der Waals surface area contributed by atoms with E-state index in [2.05, 4.69) is 48.5 Å².